The molecule has 0 radical (unpaired) electrons. The lowest BCUT2D eigenvalue weighted by atomic mass is 9.84. The normalized spacial score (nSPS) is 29.8. The van der Waals surface area contributed by atoms with Gasteiger partial charge in [-0.15, -0.1) is 0 Å². The van der Waals surface area contributed by atoms with E-state index in [0.29, 0.717) is 30.3 Å². The van der Waals surface area contributed by atoms with Gasteiger partial charge in [0.1, 0.15) is 0 Å². The van der Waals surface area contributed by atoms with Crippen LogP contribution in [0.1, 0.15) is 64.7 Å². The van der Waals surface area contributed by atoms with Crippen LogP contribution in [-0.4, -0.2) is 35.0 Å². The fourth-order valence-electron chi connectivity index (χ4n) is 4.15. The van der Waals surface area contributed by atoms with Crippen molar-refractivity contribution in [3.05, 3.63) is 24.3 Å². The smallest absolute Gasteiger partial charge is 0.303 e. The molecule has 0 aromatic heterocycles. The quantitative estimate of drug-likeness (QED) is 0.406. The molecule has 2 N–H and O–H groups in total. The van der Waals surface area contributed by atoms with Crippen LogP contribution < -0.4 is 0 Å². The number of aliphatic hydroxyl groups excluding tert-OH is 1. The first-order valence-electron chi connectivity index (χ1n) is 9.96. The molecule has 2 bridgehead atoms. The number of aliphatic hydroxyl groups is 1. The van der Waals surface area contributed by atoms with Crippen molar-refractivity contribution in [1.82, 2.24) is 0 Å². The third-order valence-corrected chi connectivity index (χ3v) is 5.58. The molecule has 1 saturated carbocycles. The van der Waals surface area contributed by atoms with Gasteiger partial charge in [-0.3, -0.25) is 4.79 Å². The average Bonchev–Trinajstić information content (AvgIpc) is 3.17. The second-order valence-corrected chi connectivity index (χ2v) is 7.55. The summed E-state index contributed by atoms with van der Waals surface area (Å²) in [5.74, 6) is 0.902. The summed E-state index contributed by atoms with van der Waals surface area (Å²) in [4.78, 5) is 10.5. The van der Waals surface area contributed by atoms with Gasteiger partial charge < -0.3 is 14.9 Å². The van der Waals surface area contributed by atoms with E-state index in [9.17, 15) is 9.90 Å². The first-order valence-corrected chi connectivity index (χ1v) is 9.96. The van der Waals surface area contributed by atoms with E-state index in [1.807, 2.05) is 6.08 Å². The Labute approximate surface area is 152 Å². The summed E-state index contributed by atoms with van der Waals surface area (Å²) < 4.78 is 5.87. The highest BCUT2D eigenvalue weighted by atomic mass is 16.5. The monoisotopic (exact) mass is 350 g/mol. The highest BCUT2D eigenvalue weighted by molar-refractivity contribution is 5.66. The molecule has 0 aromatic rings. The first kappa shape index (κ1) is 20.2. The predicted molar refractivity (Wildman–Crippen MR) is 99.4 cm³/mol. The molecule has 0 amide bonds. The average molecular weight is 350 g/mol. The van der Waals surface area contributed by atoms with E-state index in [0.717, 1.165) is 38.7 Å². The summed E-state index contributed by atoms with van der Waals surface area (Å²) in [6.07, 6.45) is 16.7. The van der Waals surface area contributed by atoms with Crippen molar-refractivity contribution < 1.29 is 19.7 Å². The lowest BCUT2D eigenvalue weighted by molar-refractivity contribution is -0.137. The van der Waals surface area contributed by atoms with Crippen LogP contribution in [0.15, 0.2) is 24.3 Å². The number of rotatable bonds is 12. The number of hydrogen-bond acceptors (Lipinski definition) is 3. The van der Waals surface area contributed by atoms with Crippen molar-refractivity contribution >= 4 is 5.97 Å². The molecule has 25 heavy (non-hydrogen) atoms. The summed E-state index contributed by atoms with van der Waals surface area (Å²) in [5.41, 5.74) is 0. The molecule has 142 valence electrons. The van der Waals surface area contributed by atoms with Gasteiger partial charge in [-0.05, 0) is 43.9 Å². The van der Waals surface area contributed by atoms with Gasteiger partial charge in [-0.1, -0.05) is 50.5 Å². The van der Waals surface area contributed by atoms with E-state index in [4.69, 9.17) is 9.84 Å². The highest BCUT2D eigenvalue weighted by Crippen LogP contribution is 2.47. The molecule has 2 fully saturated rings. The Kier molecular flexibility index (Phi) is 8.70. The van der Waals surface area contributed by atoms with Gasteiger partial charge >= 0.3 is 5.97 Å². The van der Waals surface area contributed by atoms with Crippen LogP contribution in [-0.2, 0) is 9.53 Å². The third kappa shape index (κ3) is 6.59. The predicted octanol–water partition coefficient (Wildman–Crippen LogP) is 4.34. The molecule has 1 heterocycles. The largest absolute Gasteiger partial charge is 0.481 e. The standard InChI is InChI=1S/C21H34O4/c1-2-3-6-9-17(22)12-13-19-18(16-14-20(19)25-15-16)10-7-4-5-8-11-21(23)24/h4,7,12-13,16-20,22H,2-3,5-6,8-11,14-15H2,1H3,(H,23,24)/t16-,17+,18+,19?,20-/m1/s1. The maximum absolute atomic E-state index is 10.5. The lowest BCUT2D eigenvalue weighted by Gasteiger charge is -2.28. The van der Waals surface area contributed by atoms with Gasteiger partial charge in [0.2, 0.25) is 0 Å². The number of allylic oxidation sites excluding steroid dienone is 2. The van der Waals surface area contributed by atoms with Crippen LogP contribution >= 0.6 is 0 Å². The molecule has 2 rings (SSSR count). The van der Waals surface area contributed by atoms with Gasteiger partial charge in [0.05, 0.1) is 18.8 Å². The Morgan fingerprint density at radius 2 is 2.12 bits per heavy atom. The topological polar surface area (TPSA) is 66.8 Å². The first-order chi connectivity index (χ1) is 12.1. The number of carboxylic acid groups (broad SMARTS) is 1. The summed E-state index contributed by atoms with van der Waals surface area (Å²) >= 11 is 0. The minimum absolute atomic E-state index is 0.244. The van der Waals surface area contributed by atoms with Crippen molar-refractivity contribution in [3.63, 3.8) is 0 Å². The van der Waals surface area contributed by atoms with Crippen LogP contribution in [0.3, 0.4) is 0 Å². The molecule has 1 aliphatic carbocycles. The van der Waals surface area contributed by atoms with Crippen molar-refractivity contribution in [1.29, 1.82) is 0 Å². The van der Waals surface area contributed by atoms with Crippen molar-refractivity contribution in [3.8, 4) is 0 Å². The molecular weight excluding hydrogens is 316 g/mol. The van der Waals surface area contributed by atoms with Crippen molar-refractivity contribution in [2.75, 3.05) is 6.61 Å². The minimum Gasteiger partial charge on any atom is -0.481 e. The van der Waals surface area contributed by atoms with Gasteiger partial charge in [0.15, 0.2) is 0 Å². The number of carboxylic acids is 1. The summed E-state index contributed by atoms with van der Waals surface area (Å²) in [7, 11) is 0. The molecule has 5 atom stereocenters. The number of ether oxygens (including phenoxy) is 1. The van der Waals surface area contributed by atoms with Gasteiger partial charge in [0, 0.05) is 12.3 Å². The van der Waals surface area contributed by atoms with Gasteiger partial charge in [-0.25, -0.2) is 0 Å². The highest BCUT2D eigenvalue weighted by Gasteiger charge is 2.46. The van der Waals surface area contributed by atoms with E-state index >= 15 is 0 Å². The molecular formula is C21H34O4. The fraction of sp³-hybridized carbons (Fsp3) is 0.762. The van der Waals surface area contributed by atoms with Crippen molar-refractivity contribution in [2.45, 2.75) is 76.9 Å². The zero-order chi connectivity index (χ0) is 18.1. The Bertz CT molecular complexity index is 457. The van der Waals surface area contributed by atoms with Crippen molar-refractivity contribution in [2.24, 2.45) is 17.8 Å². The minimum atomic E-state index is -0.721. The Morgan fingerprint density at radius 3 is 2.88 bits per heavy atom. The van der Waals surface area contributed by atoms with Gasteiger partial charge in [0.25, 0.3) is 0 Å². The number of hydrogen-bond donors (Lipinski definition) is 2. The van der Waals surface area contributed by atoms with Crippen LogP contribution in [0.5, 0.6) is 0 Å². The summed E-state index contributed by atoms with van der Waals surface area (Å²) in [6, 6.07) is 0. The van der Waals surface area contributed by atoms with Crippen LogP contribution in [0.4, 0.5) is 0 Å². The second kappa shape index (κ2) is 10.8. The Morgan fingerprint density at radius 1 is 1.28 bits per heavy atom. The molecule has 1 saturated heterocycles. The number of aliphatic carboxylic acids is 1. The summed E-state index contributed by atoms with van der Waals surface area (Å²) in [6.45, 7) is 3.04. The number of carbonyl (C=O) groups is 1. The molecule has 1 aliphatic heterocycles. The lowest BCUT2D eigenvalue weighted by Crippen LogP contribution is -2.27. The summed E-state index contributed by atoms with van der Waals surface area (Å²) in [5, 5.41) is 18.8. The zero-order valence-corrected chi connectivity index (χ0v) is 15.5. The van der Waals surface area contributed by atoms with Gasteiger partial charge in [-0.2, -0.15) is 0 Å². The van der Waals surface area contributed by atoms with E-state index in [-0.39, 0.29) is 12.5 Å². The Hall–Kier alpha value is -1.13. The zero-order valence-electron chi connectivity index (χ0n) is 15.5. The maximum atomic E-state index is 10.5. The van der Waals surface area contributed by atoms with Crippen LogP contribution in [0, 0.1) is 17.8 Å². The molecule has 4 heteroatoms. The molecule has 0 aromatic carbocycles. The fourth-order valence-corrected chi connectivity index (χ4v) is 4.15. The maximum Gasteiger partial charge on any atom is 0.303 e. The third-order valence-electron chi connectivity index (χ3n) is 5.58. The molecule has 2 aliphatic rings. The SMILES string of the molecule is CCCCC[C@H](O)C=CC1[C@@H](CC=CCCCC(=O)O)[C@H]2CO[C@@H]1C2. The number of fused-ring (bicyclic) bond motifs is 2. The molecule has 0 spiro atoms. The van der Waals surface area contributed by atoms with E-state index < -0.39 is 5.97 Å². The number of unbranched alkanes of at least 4 members (excludes halogenated alkanes) is 3. The molecule has 4 nitrogen and oxygen atoms in total. The van der Waals surface area contributed by atoms with E-state index in [1.165, 1.54) is 12.8 Å². The second-order valence-electron chi connectivity index (χ2n) is 7.55. The molecule has 1 unspecified atom stereocenters. The van der Waals surface area contributed by atoms with Crippen LogP contribution in [0.25, 0.3) is 0 Å². The van der Waals surface area contributed by atoms with E-state index in [1.54, 1.807) is 0 Å². The van der Waals surface area contributed by atoms with Crippen LogP contribution in [0.2, 0.25) is 0 Å². The Balaban J connectivity index is 1.78. The van der Waals surface area contributed by atoms with E-state index in [2.05, 4.69) is 25.2 Å².